The quantitative estimate of drug-likeness (QED) is 0.647. The highest BCUT2D eigenvalue weighted by Gasteiger charge is 2.64. The van der Waals surface area contributed by atoms with Crippen molar-refractivity contribution in [3.63, 3.8) is 0 Å². The van der Waals surface area contributed by atoms with Crippen LogP contribution in [-0.2, 0) is 15.1 Å². The molecule has 0 aliphatic heterocycles. The summed E-state index contributed by atoms with van der Waals surface area (Å²) in [5.41, 5.74) is -1.25. The van der Waals surface area contributed by atoms with Crippen LogP contribution < -0.4 is 0 Å². The van der Waals surface area contributed by atoms with E-state index >= 15 is 0 Å². The van der Waals surface area contributed by atoms with Gasteiger partial charge >= 0.3 is 5.97 Å². The minimum atomic E-state index is -0.974. The molecular weight excluding hydrogens is 392 g/mol. The maximum absolute atomic E-state index is 11.8. The van der Waals surface area contributed by atoms with Crippen LogP contribution in [0.25, 0.3) is 0 Å². The first-order valence-electron chi connectivity index (χ1n) is 12.2. The van der Waals surface area contributed by atoms with Crippen LogP contribution in [0.4, 0.5) is 0 Å². The molecule has 174 valence electrons. The maximum Gasteiger partial charge on any atom is 0.302 e. The summed E-state index contributed by atoms with van der Waals surface area (Å²) in [5.74, 6) is 2.15. The van der Waals surface area contributed by atoms with Gasteiger partial charge < -0.3 is 19.4 Å². The normalized spacial score (nSPS) is 45.3. The smallest absolute Gasteiger partial charge is 0.302 e. The summed E-state index contributed by atoms with van der Waals surface area (Å²) in [6.45, 7) is 8.97. The lowest BCUT2D eigenvalue weighted by Crippen LogP contribution is -2.54. The number of fused-ring (bicyclic) bond motifs is 1. The van der Waals surface area contributed by atoms with Crippen molar-refractivity contribution in [3.8, 4) is 0 Å². The van der Waals surface area contributed by atoms with Gasteiger partial charge in [0.2, 0.25) is 0 Å². The van der Waals surface area contributed by atoms with Crippen LogP contribution >= 0.6 is 0 Å². The van der Waals surface area contributed by atoms with Gasteiger partial charge in [-0.3, -0.25) is 4.79 Å². The summed E-state index contributed by atoms with van der Waals surface area (Å²) in [5, 5.41) is 22.4. The van der Waals surface area contributed by atoms with Crippen molar-refractivity contribution in [2.45, 2.75) is 78.2 Å². The van der Waals surface area contributed by atoms with Crippen molar-refractivity contribution >= 4 is 5.97 Å². The molecule has 0 saturated heterocycles. The van der Waals surface area contributed by atoms with Crippen LogP contribution in [0.3, 0.4) is 0 Å². The summed E-state index contributed by atoms with van der Waals surface area (Å²) in [4.78, 5) is 11.6. The second kappa shape index (κ2) is 8.22. The number of aliphatic hydroxyl groups is 2. The van der Waals surface area contributed by atoms with Gasteiger partial charge in [0.25, 0.3) is 0 Å². The average Bonchev–Trinajstić information content (AvgIpc) is 3.36. The van der Waals surface area contributed by atoms with Gasteiger partial charge in [-0.15, -0.1) is 0 Å². The molecular formula is C26H40O5. The fraction of sp³-hybridized carbons (Fsp3) is 0.808. The molecule has 0 aromatic carbocycles. The minimum absolute atomic E-state index is 0.0298. The first-order valence-corrected chi connectivity index (χ1v) is 12.2. The lowest BCUT2D eigenvalue weighted by atomic mass is 9.48. The van der Waals surface area contributed by atoms with E-state index in [2.05, 4.69) is 20.8 Å². The molecule has 1 aromatic heterocycles. The summed E-state index contributed by atoms with van der Waals surface area (Å²) in [7, 11) is 0. The molecule has 3 aliphatic carbocycles. The number of aliphatic hydroxyl groups excluding tert-OH is 1. The molecule has 3 saturated carbocycles. The van der Waals surface area contributed by atoms with Crippen LogP contribution in [0.5, 0.6) is 0 Å². The van der Waals surface area contributed by atoms with Gasteiger partial charge in [-0.1, -0.05) is 27.2 Å². The molecule has 2 N–H and O–H groups in total. The molecule has 5 heteroatoms. The molecule has 0 amide bonds. The lowest BCUT2D eigenvalue weighted by Gasteiger charge is -2.57. The Kier molecular flexibility index (Phi) is 6.06. The van der Waals surface area contributed by atoms with Crippen LogP contribution in [0.15, 0.2) is 22.8 Å². The Bertz CT molecular complexity index is 775. The predicted molar refractivity (Wildman–Crippen MR) is 118 cm³/mol. The number of carbonyl (C=O) groups is 1. The van der Waals surface area contributed by atoms with Gasteiger partial charge in [0.1, 0.15) is 11.4 Å². The fourth-order valence-corrected chi connectivity index (χ4v) is 7.89. The number of hydrogen-bond donors (Lipinski definition) is 2. The Hall–Kier alpha value is -1.33. The highest BCUT2D eigenvalue weighted by atomic mass is 16.5. The number of hydrogen-bond acceptors (Lipinski definition) is 5. The number of ether oxygens (including phenoxy) is 1. The third-order valence-corrected chi connectivity index (χ3v) is 9.86. The van der Waals surface area contributed by atoms with E-state index in [1.54, 1.807) is 6.26 Å². The Balaban J connectivity index is 1.63. The average molecular weight is 433 g/mol. The van der Waals surface area contributed by atoms with Gasteiger partial charge in [-0.05, 0) is 85.7 Å². The molecule has 1 aromatic rings. The van der Waals surface area contributed by atoms with Crippen LogP contribution in [-0.4, -0.2) is 29.4 Å². The van der Waals surface area contributed by atoms with Crippen molar-refractivity contribution in [3.05, 3.63) is 24.2 Å². The molecule has 0 unspecified atom stereocenters. The first-order chi connectivity index (χ1) is 14.7. The third-order valence-electron chi connectivity index (χ3n) is 9.86. The molecule has 3 fully saturated rings. The van der Waals surface area contributed by atoms with Gasteiger partial charge in [-0.2, -0.15) is 0 Å². The van der Waals surface area contributed by atoms with E-state index in [-0.39, 0.29) is 35.2 Å². The van der Waals surface area contributed by atoms with Crippen molar-refractivity contribution in [1.82, 2.24) is 0 Å². The number of furan rings is 1. The molecule has 8 atom stereocenters. The van der Waals surface area contributed by atoms with E-state index in [1.807, 2.05) is 12.1 Å². The standard InChI is InChI=1S/C26H40O5/c1-17-7-10-24(3,19(14-17)16-31-18(2)28)21-8-11-25(4)22(20(21)15-27)9-12-26(25,29)23-6-5-13-30-23/h5-6,13,17,19-22,27,29H,7-12,14-16H2,1-4H3/t17-,19+,20+,21-,22-,24-,25-,26+/m0/s1. The SMILES string of the molecule is CC(=O)OC[C@H]1C[C@@H](C)CC[C@]1(C)[C@H]1CC[C@@]2(C)[C@@H](CC[C@@]2(O)c2ccco2)[C@@H]1CO. The Morgan fingerprint density at radius 1 is 1.19 bits per heavy atom. The zero-order chi connectivity index (χ0) is 22.4. The zero-order valence-electron chi connectivity index (χ0n) is 19.6. The number of rotatable bonds is 5. The Morgan fingerprint density at radius 2 is 1.94 bits per heavy atom. The van der Waals surface area contributed by atoms with Crippen LogP contribution in [0.2, 0.25) is 0 Å². The van der Waals surface area contributed by atoms with Crippen LogP contribution in [0.1, 0.15) is 78.4 Å². The van der Waals surface area contributed by atoms with Gasteiger partial charge in [0.15, 0.2) is 0 Å². The molecule has 0 radical (unpaired) electrons. The van der Waals surface area contributed by atoms with E-state index in [0.29, 0.717) is 36.5 Å². The molecule has 4 rings (SSSR count). The zero-order valence-corrected chi connectivity index (χ0v) is 19.6. The van der Waals surface area contributed by atoms with Crippen molar-refractivity contribution in [2.75, 3.05) is 13.2 Å². The molecule has 0 bridgehead atoms. The van der Waals surface area contributed by atoms with Gasteiger partial charge in [-0.25, -0.2) is 0 Å². The second-order valence-electron chi connectivity index (χ2n) is 11.3. The summed E-state index contributed by atoms with van der Waals surface area (Å²) in [6, 6.07) is 3.75. The number of carbonyl (C=O) groups excluding carboxylic acids is 1. The first kappa shape index (κ1) is 22.8. The van der Waals surface area contributed by atoms with Crippen molar-refractivity contribution in [1.29, 1.82) is 0 Å². The minimum Gasteiger partial charge on any atom is -0.466 e. The molecule has 1 heterocycles. The lowest BCUT2D eigenvalue weighted by molar-refractivity contribution is -0.162. The van der Waals surface area contributed by atoms with Crippen molar-refractivity contribution in [2.24, 2.45) is 40.4 Å². The molecule has 31 heavy (non-hydrogen) atoms. The summed E-state index contributed by atoms with van der Waals surface area (Å²) in [6.07, 6.45) is 8.46. The van der Waals surface area contributed by atoms with E-state index < -0.39 is 5.60 Å². The van der Waals surface area contributed by atoms with E-state index in [1.165, 1.54) is 13.3 Å². The van der Waals surface area contributed by atoms with Crippen LogP contribution in [0, 0.1) is 40.4 Å². The van der Waals surface area contributed by atoms with E-state index in [0.717, 1.165) is 32.1 Å². The van der Waals surface area contributed by atoms with Gasteiger partial charge in [0.05, 0.1) is 12.9 Å². The highest BCUT2D eigenvalue weighted by Crippen LogP contribution is 2.67. The summed E-state index contributed by atoms with van der Waals surface area (Å²) >= 11 is 0. The Labute approximate surface area is 186 Å². The topological polar surface area (TPSA) is 79.9 Å². The third kappa shape index (κ3) is 3.56. The summed E-state index contributed by atoms with van der Waals surface area (Å²) < 4.78 is 11.2. The monoisotopic (exact) mass is 432 g/mol. The van der Waals surface area contributed by atoms with E-state index in [4.69, 9.17) is 9.15 Å². The predicted octanol–water partition coefficient (Wildman–Crippen LogP) is 4.91. The fourth-order valence-electron chi connectivity index (χ4n) is 7.89. The largest absolute Gasteiger partial charge is 0.466 e. The molecule has 5 nitrogen and oxygen atoms in total. The Morgan fingerprint density at radius 3 is 2.58 bits per heavy atom. The maximum atomic E-state index is 11.8. The number of esters is 1. The van der Waals surface area contributed by atoms with E-state index in [9.17, 15) is 15.0 Å². The second-order valence-corrected chi connectivity index (χ2v) is 11.3. The highest BCUT2D eigenvalue weighted by molar-refractivity contribution is 5.65. The molecule has 0 spiro atoms. The molecule has 3 aliphatic rings. The van der Waals surface area contributed by atoms with Gasteiger partial charge in [0, 0.05) is 18.9 Å². The van der Waals surface area contributed by atoms with Crippen molar-refractivity contribution < 1.29 is 24.2 Å².